The SMILES string of the molecule is CC[C@H]1O[C@@H](C#N)[C@H](OC(=O)c2ccccc2)[C@@H]1C. The summed E-state index contributed by atoms with van der Waals surface area (Å²) in [4.78, 5) is 12.0. The van der Waals surface area contributed by atoms with Crippen molar-refractivity contribution in [1.29, 1.82) is 5.26 Å². The lowest BCUT2D eigenvalue weighted by Crippen LogP contribution is -2.31. The lowest BCUT2D eigenvalue weighted by molar-refractivity contribution is 0.00672. The topological polar surface area (TPSA) is 59.3 Å². The van der Waals surface area contributed by atoms with Gasteiger partial charge in [0.2, 0.25) is 0 Å². The van der Waals surface area contributed by atoms with Gasteiger partial charge in [0, 0.05) is 5.92 Å². The predicted octanol–water partition coefficient (Wildman–Crippen LogP) is 2.55. The van der Waals surface area contributed by atoms with Gasteiger partial charge in [0.25, 0.3) is 0 Å². The molecule has 0 spiro atoms. The number of benzene rings is 1. The Bertz CT molecular complexity index is 480. The monoisotopic (exact) mass is 259 g/mol. The van der Waals surface area contributed by atoms with Crippen LogP contribution in [0.2, 0.25) is 0 Å². The van der Waals surface area contributed by atoms with E-state index in [2.05, 4.69) is 6.07 Å². The highest BCUT2D eigenvalue weighted by Gasteiger charge is 2.43. The molecule has 1 aliphatic rings. The van der Waals surface area contributed by atoms with Crippen molar-refractivity contribution in [2.45, 2.75) is 38.6 Å². The van der Waals surface area contributed by atoms with E-state index < -0.39 is 18.2 Å². The molecule has 1 aliphatic heterocycles. The Labute approximate surface area is 112 Å². The van der Waals surface area contributed by atoms with Crippen LogP contribution in [-0.2, 0) is 9.47 Å². The number of ether oxygens (including phenoxy) is 2. The first kappa shape index (κ1) is 13.6. The summed E-state index contributed by atoms with van der Waals surface area (Å²) in [5.41, 5.74) is 0.492. The molecule has 4 nitrogen and oxygen atoms in total. The predicted molar refractivity (Wildman–Crippen MR) is 69.4 cm³/mol. The van der Waals surface area contributed by atoms with Gasteiger partial charge in [0.1, 0.15) is 6.10 Å². The van der Waals surface area contributed by atoms with Crippen LogP contribution in [0, 0.1) is 17.2 Å². The Kier molecular flexibility index (Phi) is 4.18. The fourth-order valence-corrected chi connectivity index (χ4v) is 2.38. The van der Waals surface area contributed by atoms with Gasteiger partial charge in [-0.25, -0.2) is 4.79 Å². The molecule has 0 aliphatic carbocycles. The van der Waals surface area contributed by atoms with Crippen molar-refractivity contribution in [2.24, 2.45) is 5.92 Å². The zero-order valence-corrected chi connectivity index (χ0v) is 11.1. The van der Waals surface area contributed by atoms with E-state index in [-0.39, 0.29) is 12.0 Å². The largest absolute Gasteiger partial charge is 0.454 e. The first-order chi connectivity index (χ1) is 9.17. The first-order valence-electron chi connectivity index (χ1n) is 6.48. The molecule has 0 bridgehead atoms. The fraction of sp³-hybridized carbons (Fsp3) is 0.467. The third kappa shape index (κ3) is 2.77. The molecule has 1 aromatic carbocycles. The Morgan fingerprint density at radius 3 is 2.68 bits per heavy atom. The van der Waals surface area contributed by atoms with Crippen molar-refractivity contribution >= 4 is 5.97 Å². The summed E-state index contributed by atoms with van der Waals surface area (Å²) in [5, 5.41) is 9.08. The Balaban J connectivity index is 2.10. The zero-order chi connectivity index (χ0) is 13.8. The number of hydrogen-bond donors (Lipinski definition) is 0. The standard InChI is InChI=1S/C15H17NO3/c1-3-12-10(2)14(13(9-16)18-12)19-15(17)11-7-5-4-6-8-11/h4-8,10,12-14H,3H2,1-2H3/t10-,12-,13+,14-/m1/s1. The number of hydrogen-bond acceptors (Lipinski definition) is 4. The molecule has 0 unspecified atom stereocenters. The van der Waals surface area contributed by atoms with E-state index in [1.807, 2.05) is 19.9 Å². The van der Waals surface area contributed by atoms with Crippen LogP contribution in [0.4, 0.5) is 0 Å². The van der Waals surface area contributed by atoms with Crippen LogP contribution in [-0.4, -0.2) is 24.3 Å². The Morgan fingerprint density at radius 2 is 2.11 bits per heavy atom. The van der Waals surface area contributed by atoms with Crippen LogP contribution in [0.3, 0.4) is 0 Å². The van der Waals surface area contributed by atoms with Crippen molar-refractivity contribution < 1.29 is 14.3 Å². The van der Waals surface area contributed by atoms with Crippen molar-refractivity contribution in [3.8, 4) is 6.07 Å². The minimum atomic E-state index is -0.674. The molecule has 19 heavy (non-hydrogen) atoms. The highest BCUT2D eigenvalue weighted by molar-refractivity contribution is 5.89. The maximum Gasteiger partial charge on any atom is 0.338 e. The lowest BCUT2D eigenvalue weighted by atomic mass is 9.97. The summed E-state index contributed by atoms with van der Waals surface area (Å²) in [6, 6.07) is 10.9. The molecule has 4 heteroatoms. The van der Waals surface area contributed by atoms with Gasteiger partial charge in [0.15, 0.2) is 6.10 Å². The number of esters is 1. The molecular formula is C15H17NO3. The molecule has 2 rings (SSSR count). The van der Waals surface area contributed by atoms with Crippen LogP contribution in [0.1, 0.15) is 30.6 Å². The second-order valence-corrected chi connectivity index (χ2v) is 4.73. The molecule has 0 N–H and O–H groups in total. The van der Waals surface area contributed by atoms with E-state index in [1.54, 1.807) is 24.3 Å². The van der Waals surface area contributed by atoms with Gasteiger partial charge >= 0.3 is 5.97 Å². The zero-order valence-electron chi connectivity index (χ0n) is 11.1. The van der Waals surface area contributed by atoms with Gasteiger partial charge in [0.05, 0.1) is 17.7 Å². The quantitative estimate of drug-likeness (QED) is 0.783. The van der Waals surface area contributed by atoms with Gasteiger partial charge in [-0.3, -0.25) is 0 Å². The number of nitriles is 1. The number of carbonyl (C=O) groups is 1. The molecule has 1 heterocycles. The molecule has 0 radical (unpaired) electrons. The first-order valence-corrected chi connectivity index (χ1v) is 6.48. The average molecular weight is 259 g/mol. The maximum absolute atomic E-state index is 12.0. The molecule has 1 aromatic rings. The maximum atomic E-state index is 12.0. The van der Waals surface area contributed by atoms with Crippen molar-refractivity contribution in [3.05, 3.63) is 35.9 Å². The van der Waals surface area contributed by atoms with Crippen LogP contribution < -0.4 is 0 Å². The summed E-state index contributed by atoms with van der Waals surface area (Å²) in [6.07, 6.45) is -0.396. The van der Waals surface area contributed by atoms with Crippen molar-refractivity contribution in [3.63, 3.8) is 0 Å². The van der Waals surface area contributed by atoms with E-state index in [1.165, 1.54) is 0 Å². The van der Waals surface area contributed by atoms with Crippen LogP contribution in [0.25, 0.3) is 0 Å². The molecule has 1 fully saturated rings. The van der Waals surface area contributed by atoms with Gasteiger partial charge in [-0.15, -0.1) is 0 Å². The average Bonchev–Trinajstić information content (AvgIpc) is 2.76. The molecule has 0 amide bonds. The van der Waals surface area contributed by atoms with E-state index in [9.17, 15) is 4.79 Å². The van der Waals surface area contributed by atoms with E-state index in [0.29, 0.717) is 5.56 Å². The summed E-state index contributed by atoms with van der Waals surface area (Å²) >= 11 is 0. The van der Waals surface area contributed by atoms with Crippen molar-refractivity contribution in [2.75, 3.05) is 0 Å². The van der Waals surface area contributed by atoms with E-state index >= 15 is 0 Å². The van der Waals surface area contributed by atoms with Gasteiger partial charge in [-0.1, -0.05) is 32.0 Å². The summed E-state index contributed by atoms with van der Waals surface area (Å²) in [7, 11) is 0. The van der Waals surface area contributed by atoms with Crippen LogP contribution in [0.15, 0.2) is 30.3 Å². The smallest absolute Gasteiger partial charge is 0.338 e. The normalized spacial score (nSPS) is 29.7. The summed E-state index contributed by atoms with van der Waals surface area (Å²) < 4.78 is 11.0. The van der Waals surface area contributed by atoms with Crippen LogP contribution in [0.5, 0.6) is 0 Å². The van der Waals surface area contributed by atoms with Gasteiger partial charge < -0.3 is 9.47 Å². The highest BCUT2D eigenvalue weighted by atomic mass is 16.6. The molecule has 0 aromatic heterocycles. The molecular weight excluding hydrogens is 242 g/mol. The molecule has 0 saturated carbocycles. The minimum absolute atomic E-state index is 0.0294. The Morgan fingerprint density at radius 1 is 1.42 bits per heavy atom. The fourth-order valence-electron chi connectivity index (χ4n) is 2.38. The molecule has 4 atom stereocenters. The lowest BCUT2D eigenvalue weighted by Gasteiger charge is -2.18. The molecule has 100 valence electrons. The number of nitrogens with zero attached hydrogens (tertiary/aromatic N) is 1. The minimum Gasteiger partial charge on any atom is -0.454 e. The molecule has 1 saturated heterocycles. The highest BCUT2D eigenvalue weighted by Crippen LogP contribution is 2.31. The second kappa shape index (κ2) is 5.85. The number of rotatable bonds is 3. The third-order valence-corrected chi connectivity index (χ3v) is 3.51. The van der Waals surface area contributed by atoms with Crippen LogP contribution >= 0.6 is 0 Å². The van der Waals surface area contributed by atoms with E-state index in [4.69, 9.17) is 14.7 Å². The van der Waals surface area contributed by atoms with Gasteiger partial charge in [-0.05, 0) is 18.6 Å². The number of carbonyl (C=O) groups excluding carboxylic acids is 1. The third-order valence-electron chi connectivity index (χ3n) is 3.51. The van der Waals surface area contributed by atoms with Gasteiger partial charge in [-0.2, -0.15) is 5.26 Å². The second-order valence-electron chi connectivity index (χ2n) is 4.73. The van der Waals surface area contributed by atoms with E-state index in [0.717, 1.165) is 6.42 Å². The van der Waals surface area contributed by atoms with Crippen molar-refractivity contribution in [1.82, 2.24) is 0 Å². The summed E-state index contributed by atoms with van der Waals surface area (Å²) in [5.74, 6) is -0.375. The summed E-state index contributed by atoms with van der Waals surface area (Å²) in [6.45, 7) is 3.95. The Hall–Kier alpha value is -1.86.